The quantitative estimate of drug-likeness (QED) is 0.311. The highest BCUT2D eigenvalue weighted by atomic mass is 79.9. The van der Waals surface area contributed by atoms with E-state index in [-0.39, 0.29) is 36.4 Å². The van der Waals surface area contributed by atoms with Gasteiger partial charge in [0, 0.05) is 37.6 Å². The predicted molar refractivity (Wildman–Crippen MR) is 111 cm³/mol. The van der Waals surface area contributed by atoms with Gasteiger partial charge < -0.3 is 29.5 Å². The summed E-state index contributed by atoms with van der Waals surface area (Å²) in [5.74, 6) is -2.68. The first kappa shape index (κ1) is 22.9. The van der Waals surface area contributed by atoms with Crippen molar-refractivity contribution >= 4 is 33.7 Å². The van der Waals surface area contributed by atoms with Crippen molar-refractivity contribution in [1.29, 1.82) is 0 Å². The number of halogens is 1. The number of carbonyl (C=O) groups is 3. The summed E-state index contributed by atoms with van der Waals surface area (Å²) in [6, 6.07) is -0.897. The number of hydrogen-bond acceptors (Lipinski definition) is 8. The zero-order chi connectivity index (χ0) is 22.2. The van der Waals surface area contributed by atoms with Crippen LogP contribution in [0.15, 0.2) is 0 Å². The molecule has 0 aromatic heterocycles. The molecule has 2 N–H and O–H groups in total. The minimum atomic E-state index is -1.11. The number of aliphatic hydroxyl groups is 1. The Morgan fingerprint density at radius 3 is 2.74 bits per heavy atom. The highest BCUT2D eigenvalue weighted by molar-refractivity contribution is 9.09. The molecular weight excluding hydrogens is 474 g/mol. The molecule has 2 bridgehead atoms. The van der Waals surface area contributed by atoms with Crippen molar-refractivity contribution in [3.05, 3.63) is 0 Å². The summed E-state index contributed by atoms with van der Waals surface area (Å²) < 4.78 is 16.8. The molecule has 0 aliphatic carbocycles. The second kappa shape index (κ2) is 9.30. The number of carbonyl (C=O) groups excluding carboxylic acids is 3. The predicted octanol–water partition coefficient (Wildman–Crippen LogP) is -1.26. The van der Waals surface area contributed by atoms with Gasteiger partial charge in [-0.05, 0) is 13.3 Å². The Bertz CT molecular complexity index is 719. The molecule has 0 aromatic carbocycles. The molecule has 3 unspecified atom stereocenters. The van der Waals surface area contributed by atoms with Crippen LogP contribution in [-0.4, -0.2) is 114 Å². The van der Waals surface area contributed by atoms with Crippen molar-refractivity contribution in [1.82, 2.24) is 15.1 Å². The molecule has 4 rings (SSSR count). The normalized spacial score (nSPS) is 37.2. The molecule has 4 fully saturated rings. The van der Waals surface area contributed by atoms with E-state index >= 15 is 0 Å². The number of nitrogens with one attached hydrogen (secondary N) is 1. The number of hydrogen-bond donors (Lipinski definition) is 2. The summed E-state index contributed by atoms with van der Waals surface area (Å²) >= 11 is 3.58. The number of likely N-dealkylation sites (tertiary alicyclic amines) is 1. The van der Waals surface area contributed by atoms with E-state index in [1.165, 1.54) is 4.90 Å². The first-order valence-electron chi connectivity index (χ1n) is 10.9. The van der Waals surface area contributed by atoms with Crippen molar-refractivity contribution < 1.29 is 33.7 Å². The average Bonchev–Trinajstić information content (AvgIpc) is 3.33. The van der Waals surface area contributed by atoms with Gasteiger partial charge in [-0.3, -0.25) is 19.3 Å². The van der Waals surface area contributed by atoms with Crippen LogP contribution in [0.1, 0.15) is 13.3 Å². The number of morpholine rings is 1. The molecule has 11 heteroatoms. The molecule has 2 amide bonds. The van der Waals surface area contributed by atoms with E-state index in [1.807, 2.05) is 0 Å². The Kier molecular flexibility index (Phi) is 6.87. The van der Waals surface area contributed by atoms with Gasteiger partial charge in [-0.15, -0.1) is 0 Å². The fourth-order valence-corrected chi connectivity index (χ4v) is 6.49. The summed E-state index contributed by atoms with van der Waals surface area (Å²) in [4.78, 5) is 42.8. The van der Waals surface area contributed by atoms with Gasteiger partial charge in [0.2, 0.25) is 11.8 Å². The van der Waals surface area contributed by atoms with E-state index in [0.717, 1.165) is 13.1 Å². The number of nitrogens with zero attached hydrogens (tertiary/aromatic N) is 2. The van der Waals surface area contributed by atoms with Gasteiger partial charge >= 0.3 is 5.97 Å². The summed E-state index contributed by atoms with van der Waals surface area (Å²) in [7, 11) is 0. The Balaban J connectivity index is 1.53. The third-order valence-corrected chi connectivity index (χ3v) is 7.61. The maximum absolute atomic E-state index is 13.3. The Labute approximate surface area is 189 Å². The zero-order valence-electron chi connectivity index (χ0n) is 17.6. The van der Waals surface area contributed by atoms with Crippen LogP contribution in [0.3, 0.4) is 0 Å². The van der Waals surface area contributed by atoms with Crippen LogP contribution in [0.25, 0.3) is 0 Å². The number of ether oxygens (including phenoxy) is 3. The molecule has 6 atom stereocenters. The summed E-state index contributed by atoms with van der Waals surface area (Å²) in [5.41, 5.74) is -1.11. The monoisotopic (exact) mass is 503 g/mol. The number of amides is 2. The van der Waals surface area contributed by atoms with Crippen LogP contribution in [0.5, 0.6) is 0 Å². The maximum atomic E-state index is 13.3. The van der Waals surface area contributed by atoms with Crippen LogP contribution < -0.4 is 5.32 Å². The van der Waals surface area contributed by atoms with Gasteiger partial charge in [-0.25, -0.2) is 0 Å². The molecule has 0 saturated carbocycles. The lowest BCUT2D eigenvalue weighted by Crippen LogP contribution is -2.56. The number of esters is 1. The van der Waals surface area contributed by atoms with Crippen molar-refractivity contribution in [2.24, 2.45) is 11.8 Å². The zero-order valence-corrected chi connectivity index (χ0v) is 19.2. The van der Waals surface area contributed by atoms with E-state index in [0.29, 0.717) is 32.7 Å². The lowest BCUT2D eigenvalue weighted by molar-refractivity contribution is -0.154. The third-order valence-electron chi connectivity index (χ3n) is 6.77. The van der Waals surface area contributed by atoms with E-state index in [4.69, 9.17) is 14.2 Å². The van der Waals surface area contributed by atoms with Gasteiger partial charge in [-0.1, -0.05) is 15.9 Å². The molecule has 4 saturated heterocycles. The molecule has 4 aliphatic heterocycles. The maximum Gasteiger partial charge on any atom is 0.312 e. The lowest BCUT2D eigenvalue weighted by atomic mass is 9.70. The molecule has 0 radical (unpaired) electrons. The number of rotatable bonds is 8. The molecule has 4 aliphatic rings. The number of fused-ring (bicyclic) bond motifs is 1. The largest absolute Gasteiger partial charge is 0.466 e. The Morgan fingerprint density at radius 1 is 1.32 bits per heavy atom. The van der Waals surface area contributed by atoms with Crippen molar-refractivity contribution in [2.45, 2.75) is 35.9 Å². The van der Waals surface area contributed by atoms with E-state index in [1.54, 1.807) is 6.92 Å². The molecule has 1 spiro atoms. The van der Waals surface area contributed by atoms with Gasteiger partial charge in [0.25, 0.3) is 0 Å². The molecule has 10 nitrogen and oxygen atoms in total. The first-order valence-corrected chi connectivity index (χ1v) is 11.8. The van der Waals surface area contributed by atoms with Crippen LogP contribution in [-0.2, 0) is 28.6 Å². The van der Waals surface area contributed by atoms with Gasteiger partial charge in [0.05, 0.1) is 44.4 Å². The third kappa shape index (κ3) is 3.88. The van der Waals surface area contributed by atoms with Crippen LogP contribution in [0.4, 0.5) is 0 Å². The minimum absolute atomic E-state index is 0.00909. The van der Waals surface area contributed by atoms with Crippen molar-refractivity contribution in [3.8, 4) is 0 Å². The topological polar surface area (TPSA) is 118 Å². The number of alkyl halides is 1. The van der Waals surface area contributed by atoms with Crippen molar-refractivity contribution in [3.63, 3.8) is 0 Å². The Morgan fingerprint density at radius 2 is 2.06 bits per heavy atom. The number of β-amino-alcohol motifs (C(OH)–C–C–N with tert-alkyl or cyclic N) is 1. The smallest absolute Gasteiger partial charge is 0.312 e. The first-order chi connectivity index (χ1) is 14.9. The number of aliphatic hydroxyl groups excluding tert-OH is 1. The van der Waals surface area contributed by atoms with Gasteiger partial charge in [0.15, 0.2) is 0 Å². The van der Waals surface area contributed by atoms with Gasteiger partial charge in [0.1, 0.15) is 11.6 Å². The summed E-state index contributed by atoms with van der Waals surface area (Å²) in [5, 5.41) is 12.5. The molecule has 0 aromatic rings. The molecule has 31 heavy (non-hydrogen) atoms. The second-order valence-electron chi connectivity index (χ2n) is 8.42. The van der Waals surface area contributed by atoms with E-state index < -0.39 is 35.6 Å². The highest BCUT2D eigenvalue weighted by Gasteiger charge is 2.76. The average molecular weight is 504 g/mol. The Hall–Kier alpha value is -1.27. The fraction of sp³-hybridized carbons (Fsp3) is 0.850. The second-order valence-corrected chi connectivity index (χ2v) is 9.59. The molecule has 174 valence electrons. The van der Waals surface area contributed by atoms with E-state index in [2.05, 4.69) is 26.1 Å². The molecular formula is C20H30BrN3O7. The summed E-state index contributed by atoms with van der Waals surface area (Å²) in [6.07, 6.45) is -0.0825. The van der Waals surface area contributed by atoms with Crippen LogP contribution in [0, 0.1) is 11.8 Å². The van der Waals surface area contributed by atoms with Crippen molar-refractivity contribution in [2.75, 3.05) is 59.2 Å². The molecule has 4 heterocycles. The van der Waals surface area contributed by atoms with Gasteiger partial charge in [-0.2, -0.15) is 0 Å². The highest BCUT2D eigenvalue weighted by Crippen LogP contribution is 2.60. The van der Waals surface area contributed by atoms with Crippen LogP contribution >= 0.6 is 15.9 Å². The minimum Gasteiger partial charge on any atom is -0.466 e. The van der Waals surface area contributed by atoms with E-state index in [9.17, 15) is 19.5 Å². The lowest BCUT2D eigenvalue weighted by Gasteiger charge is -2.34. The standard InChI is InChI=1S/C20H30BrN3O7/c1-2-30-19(28)13-14-18(27)24(5-8-25)16(20(14)11-12(21)15(13)31-20)17(26)22-3-4-23-6-9-29-10-7-23/h12-16,25H,2-11H2,1H3,(H,22,26)/t12?,13-,14-,15-,16?,20?/m0/s1. The fourth-order valence-electron chi connectivity index (χ4n) is 5.54. The van der Waals surface area contributed by atoms with Crippen LogP contribution in [0.2, 0.25) is 0 Å². The SMILES string of the molecule is CCOC(=O)[C@H]1[C@H]2C(=O)N(CCO)C(C(=O)NCCN3CCOCC3)C23CC(Br)[C@@H]1O3. The summed E-state index contributed by atoms with van der Waals surface area (Å²) in [6.45, 7) is 5.75.